The number of carbonyl (C=O) groups excluding carboxylic acids is 1. The zero-order chi connectivity index (χ0) is 34.1. The second-order valence-corrected chi connectivity index (χ2v) is 12.5. The van der Waals surface area contributed by atoms with E-state index in [0.29, 0.717) is 29.0 Å². The Hall–Kier alpha value is -4.87. The van der Waals surface area contributed by atoms with Crippen molar-refractivity contribution in [2.24, 2.45) is 14.1 Å². The molecule has 48 heavy (non-hydrogen) atoms. The van der Waals surface area contributed by atoms with Gasteiger partial charge in [0.25, 0.3) is 5.56 Å². The molecule has 0 bridgehead atoms. The topological polar surface area (TPSA) is 133 Å². The lowest BCUT2D eigenvalue weighted by molar-refractivity contribution is -0.107. The van der Waals surface area contributed by atoms with Crippen LogP contribution in [0.2, 0.25) is 5.02 Å². The van der Waals surface area contributed by atoms with Gasteiger partial charge in [-0.05, 0) is 74.9 Å². The highest BCUT2D eigenvalue weighted by Gasteiger charge is 2.28. The molecule has 0 saturated carbocycles. The van der Waals surface area contributed by atoms with Gasteiger partial charge in [0.1, 0.15) is 23.3 Å². The third-order valence-electron chi connectivity index (χ3n) is 9.06. The van der Waals surface area contributed by atoms with Gasteiger partial charge in [-0.2, -0.15) is 0 Å². The van der Waals surface area contributed by atoms with Crippen LogP contribution in [0.4, 0.5) is 11.5 Å². The summed E-state index contributed by atoms with van der Waals surface area (Å²) in [4.78, 5) is 50.3. The number of carbonyl (C=O) groups is 1. The largest absolute Gasteiger partial charge is 0.481 e. The fraction of sp³-hybridized carbons (Fsp3) is 0.333. The lowest BCUT2D eigenvalue weighted by Gasteiger charge is -2.18. The molecule has 1 unspecified atom stereocenters. The van der Waals surface area contributed by atoms with E-state index < -0.39 is 11.2 Å². The van der Waals surface area contributed by atoms with Crippen LogP contribution in [0.1, 0.15) is 54.2 Å². The van der Waals surface area contributed by atoms with Crippen molar-refractivity contribution in [3.05, 3.63) is 90.8 Å². The van der Waals surface area contributed by atoms with Gasteiger partial charge in [0.2, 0.25) is 5.88 Å². The lowest BCUT2D eigenvalue weighted by Crippen LogP contribution is -2.37. The molecule has 11 nitrogen and oxygen atoms in total. The number of hydrogen-bond donors (Lipinski definition) is 2. The average molecular weight is 668 g/mol. The quantitative estimate of drug-likeness (QED) is 0.134. The molecule has 12 heteroatoms. The second-order valence-electron chi connectivity index (χ2n) is 12.1. The summed E-state index contributed by atoms with van der Waals surface area (Å²) < 4.78 is 8.21. The minimum absolute atomic E-state index is 0.147. The van der Waals surface area contributed by atoms with Crippen molar-refractivity contribution in [3.63, 3.8) is 0 Å². The molecule has 1 atom stereocenters. The van der Waals surface area contributed by atoms with Crippen LogP contribution in [0.5, 0.6) is 5.88 Å². The summed E-state index contributed by atoms with van der Waals surface area (Å²) in [7, 11) is 4.67. The lowest BCUT2D eigenvalue weighted by atomic mass is 9.96. The number of nitrogens with zero attached hydrogens (tertiary/aromatic N) is 5. The predicted molar refractivity (Wildman–Crippen MR) is 188 cm³/mol. The fourth-order valence-electron chi connectivity index (χ4n) is 6.52. The van der Waals surface area contributed by atoms with Gasteiger partial charge in [0.15, 0.2) is 5.65 Å². The Morgan fingerprint density at radius 3 is 2.52 bits per heavy atom. The highest BCUT2D eigenvalue weighted by atomic mass is 35.5. The van der Waals surface area contributed by atoms with Crippen LogP contribution in [-0.4, -0.2) is 44.0 Å². The first kappa shape index (κ1) is 33.0. The van der Waals surface area contributed by atoms with Crippen molar-refractivity contribution in [1.82, 2.24) is 29.4 Å². The van der Waals surface area contributed by atoms with Crippen molar-refractivity contribution in [2.75, 3.05) is 19.0 Å². The summed E-state index contributed by atoms with van der Waals surface area (Å²) in [5.41, 5.74) is 6.46. The molecule has 0 saturated heterocycles. The van der Waals surface area contributed by atoms with Gasteiger partial charge in [-0.25, -0.2) is 19.7 Å². The van der Waals surface area contributed by atoms with E-state index in [2.05, 4.69) is 26.7 Å². The summed E-state index contributed by atoms with van der Waals surface area (Å²) in [6, 6.07) is 14.0. The molecular formula is C36H38ClN7O4. The van der Waals surface area contributed by atoms with Gasteiger partial charge in [-0.3, -0.25) is 13.9 Å². The Balaban J connectivity index is 1.35. The van der Waals surface area contributed by atoms with Crippen molar-refractivity contribution in [2.45, 2.75) is 52.0 Å². The molecule has 1 aliphatic rings. The van der Waals surface area contributed by atoms with Crippen molar-refractivity contribution >= 4 is 40.4 Å². The second kappa shape index (κ2) is 13.7. The number of unbranched alkanes of at least 4 members (excludes halogenated alkanes) is 2. The van der Waals surface area contributed by atoms with E-state index in [1.165, 1.54) is 17.2 Å². The van der Waals surface area contributed by atoms with Crippen LogP contribution < -0.4 is 26.6 Å². The van der Waals surface area contributed by atoms with Crippen LogP contribution in [0.15, 0.2) is 52.1 Å². The first-order chi connectivity index (χ1) is 23.1. The summed E-state index contributed by atoms with van der Waals surface area (Å²) >= 11 is 7.18. The normalized spacial score (nSPS) is 13.9. The number of fused-ring (bicyclic) bond motifs is 2. The maximum atomic E-state index is 13.2. The molecule has 2 aromatic carbocycles. The van der Waals surface area contributed by atoms with Gasteiger partial charge in [0.05, 0.1) is 17.8 Å². The average Bonchev–Trinajstić information content (AvgIpc) is 3.49. The molecule has 0 fully saturated rings. The van der Waals surface area contributed by atoms with Gasteiger partial charge < -0.3 is 20.2 Å². The molecule has 3 aromatic heterocycles. The summed E-state index contributed by atoms with van der Waals surface area (Å²) in [6.07, 6.45) is 5.20. The Labute approximate surface area is 283 Å². The number of methoxy groups -OCH3 is 1. The molecule has 0 spiro atoms. The molecule has 0 radical (unpaired) electrons. The first-order valence-corrected chi connectivity index (χ1v) is 16.4. The number of pyridine rings is 1. The van der Waals surface area contributed by atoms with Crippen LogP contribution in [-0.2, 0) is 25.3 Å². The van der Waals surface area contributed by atoms with Crippen molar-refractivity contribution in [1.29, 1.82) is 0 Å². The van der Waals surface area contributed by atoms with Gasteiger partial charge in [0, 0.05) is 48.9 Å². The van der Waals surface area contributed by atoms with Gasteiger partial charge in [-0.15, -0.1) is 0 Å². The van der Waals surface area contributed by atoms with E-state index in [1.807, 2.05) is 43.3 Å². The van der Waals surface area contributed by atoms with E-state index in [9.17, 15) is 14.4 Å². The Morgan fingerprint density at radius 2 is 1.75 bits per heavy atom. The molecule has 0 amide bonds. The minimum Gasteiger partial charge on any atom is -0.481 e. The van der Waals surface area contributed by atoms with E-state index >= 15 is 0 Å². The van der Waals surface area contributed by atoms with Crippen LogP contribution in [0, 0.1) is 13.8 Å². The highest BCUT2D eigenvalue weighted by Crippen LogP contribution is 2.43. The molecular weight excluding hydrogens is 630 g/mol. The van der Waals surface area contributed by atoms with Crippen LogP contribution in [0.3, 0.4) is 0 Å². The molecule has 6 rings (SSSR count). The predicted octanol–water partition coefficient (Wildman–Crippen LogP) is 5.72. The maximum absolute atomic E-state index is 13.2. The Morgan fingerprint density at radius 1 is 1.00 bits per heavy atom. The number of aryl methyl sites for hydroxylation is 3. The SMILES string of the molecule is COc1nc(-c2cccc(-c3cccc(Nc4nc(C)nc5c4c(=O)n(C)c(=O)n5C)c3C)c2Cl)cc2c1C(NCCCCC=O)CC2. The molecule has 5 aromatic rings. The van der Waals surface area contributed by atoms with E-state index in [4.69, 9.17) is 21.3 Å². The smallest absolute Gasteiger partial charge is 0.332 e. The Bertz CT molecular complexity index is 2180. The number of aromatic nitrogens is 5. The minimum atomic E-state index is -0.478. The third-order valence-corrected chi connectivity index (χ3v) is 9.46. The fourth-order valence-corrected chi connectivity index (χ4v) is 6.84. The molecule has 1 aliphatic carbocycles. The van der Waals surface area contributed by atoms with Crippen LogP contribution >= 0.6 is 11.6 Å². The maximum Gasteiger partial charge on any atom is 0.332 e. The van der Waals surface area contributed by atoms with E-state index in [1.54, 1.807) is 21.1 Å². The van der Waals surface area contributed by atoms with Gasteiger partial charge >= 0.3 is 5.69 Å². The first-order valence-electron chi connectivity index (χ1n) is 16.0. The van der Waals surface area contributed by atoms with Crippen molar-refractivity contribution in [3.8, 4) is 28.3 Å². The summed E-state index contributed by atoms with van der Waals surface area (Å²) in [6.45, 7) is 4.53. The Kier molecular flexibility index (Phi) is 9.43. The number of anilines is 2. The van der Waals surface area contributed by atoms with E-state index in [-0.39, 0.29) is 17.1 Å². The zero-order valence-corrected chi connectivity index (χ0v) is 28.4. The zero-order valence-electron chi connectivity index (χ0n) is 27.7. The summed E-state index contributed by atoms with van der Waals surface area (Å²) in [5.74, 6) is 1.33. The number of nitrogens with one attached hydrogen (secondary N) is 2. The number of aldehydes is 1. The summed E-state index contributed by atoms with van der Waals surface area (Å²) in [5, 5.41) is 7.74. The molecule has 2 N–H and O–H groups in total. The number of hydrogen-bond acceptors (Lipinski definition) is 9. The third kappa shape index (κ3) is 5.99. The van der Waals surface area contributed by atoms with Gasteiger partial charge in [-0.1, -0.05) is 41.9 Å². The van der Waals surface area contributed by atoms with E-state index in [0.717, 1.165) is 82.3 Å². The van der Waals surface area contributed by atoms with Crippen LogP contribution in [0.25, 0.3) is 33.4 Å². The van der Waals surface area contributed by atoms with Crippen molar-refractivity contribution < 1.29 is 9.53 Å². The number of ether oxygens (including phenoxy) is 1. The molecule has 248 valence electrons. The standard InChI is InChI=1S/C36H38ClN7O4/c1-20-23(11-10-14-26(20)41-32-30-33(40-21(2)39-32)43(3)36(47)44(4)35(30)46)24-12-9-13-25(31(24)37)28-19-22-15-16-27(29(22)34(42-28)48-5)38-17-7-6-8-18-45/h9-14,18-19,27,38H,6-8,15-17H2,1-5H3,(H,39,40,41). The molecule has 0 aliphatic heterocycles. The number of halogens is 1. The highest BCUT2D eigenvalue weighted by molar-refractivity contribution is 6.36. The number of rotatable bonds is 11. The molecule has 3 heterocycles. The number of benzene rings is 2. The monoisotopic (exact) mass is 667 g/mol.